The molecule has 1 aliphatic rings. The van der Waals surface area contributed by atoms with Crippen LogP contribution in [0.5, 0.6) is 5.75 Å². The van der Waals surface area contributed by atoms with E-state index in [0.29, 0.717) is 6.04 Å². The van der Waals surface area contributed by atoms with Crippen LogP contribution in [-0.4, -0.2) is 31.3 Å². The predicted octanol–water partition coefficient (Wildman–Crippen LogP) is 1.68. The standard InChI is InChI=1S/C11H16N2O2/c1-14-10-3-2-6-12-11(10)13-9-4-7-15-8-5-9/h2-3,6,9H,4-5,7-8H2,1H3,(H,12,13). The van der Waals surface area contributed by atoms with Crippen LogP contribution in [-0.2, 0) is 4.74 Å². The van der Waals surface area contributed by atoms with E-state index in [0.717, 1.165) is 37.6 Å². The fraction of sp³-hybridized carbons (Fsp3) is 0.545. The third-order valence-corrected chi connectivity index (χ3v) is 2.55. The third-order valence-electron chi connectivity index (χ3n) is 2.55. The van der Waals surface area contributed by atoms with Crippen LogP contribution in [0.3, 0.4) is 0 Å². The zero-order valence-electron chi connectivity index (χ0n) is 8.90. The molecule has 4 heteroatoms. The van der Waals surface area contributed by atoms with E-state index in [1.807, 2.05) is 12.1 Å². The molecule has 0 aromatic carbocycles. The molecule has 4 nitrogen and oxygen atoms in total. The van der Waals surface area contributed by atoms with Crippen molar-refractivity contribution in [2.45, 2.75) is 18.9 Å². The first kappa shape index (κ1) is 10.2. The Balaban J connectivity index is 2.02. The van der Waals surface area contributed by atoms with Crippen LogP contribution in [0.15, 0.2) is 18.3 Å². The van der Waals surface area contributed by atoms with Crippen molar-refractivity contribution in [3.8, 4) is 5.75 Å². The molecular weight excluding hydrogens is 192 g/mol. The molecule has 0 atom stereocenters. The van der Waals surface area contributed by atoms with Gasteiger partial charge in [0.1, 0.15) is 0 Å². The van der Waals surface area contributed by atoms with Gasteiger partial charge in [-0.25, -0.2) is 4.98 Å². The summed E-state index contributed by atoms with van der Waals surface area (Å²) in [6.07, 6.45) is 3.82. The van der Waals surface area contributed by atoms with Crippen molar-refractivity contribution in [3.63, 3.8) is 0 Å². The summed E-state index contributed by atoms with van der Waals surface area (Å²) in [5.41, 5.74) is 0. The number of methoxy groups -OCH3 is 1. The number of anilines is 1. The highest BCUT2D eigenvalue weighted by molar-refractivity contribution is 5.50. The van der Waals surface area contributed by atoms with E-state index < -0.39 is 0 Å². The lowest BCUT2D eigenvalue weighted by molar-refractivity contribution is 0.0903. The van der Waals surface area contributed by atoms with Crippen molar-refractivity contribution in [1.82, 2.24) is 4.98 Å². The first-order chi connectivity index (χ1) is 7.40. The maximum atomic E-state index is 5.30. The lowest BCUT2D eigenvalue weighted by Gasteiger charge is -2.24. The Bertz CT molecular complexity index is 311. The fourth-order valence-corrected chi connectivity index (χ4v) is 1.70. The minimum atomic E-state index is 0.447. The molecule has 0 bridgehead atoms. The maximum Gasteiger partial charge on any atom is 0.168 e. The van der Waals surface area contributed by atoms with Gasteiger partial charge in [-0.2, -0.15) is 0 Å². The van der Waals surface area contributed by atoms with E-state index in [9.17, 15) is 0 Å². The number of pyridine rings is 1. The smallest absolute Gasteiger partial charge is 0.168 e. The van der Waals surface area contributed by atoms with Crippen LogP contribution in [0.4, 0.5) is 5.82 Å². The van der Waals surface area contributed by atoms with Crippen LogP contribution in [0.2, 0.25) is 0 Å². The van der Waals surface area contributed by atoms with Crippen molar-refractivity contribution < 1.29 is 9.47 Å². The summed E-state index contributed by atoms with van der Waals surface area (Å²) in [6.45, 7) is 1.65. The summed E-state index contributed by atoms with van der Waals surface area (Å²) < 4.78 is 10.5. The Kier molecular flexibility index (Phi) is 3.40. The molecule has 1 aromatic rings. The van der Waals surface area contributed by atoms with Crippen molar-refractivity contribution in [2.75, 3.05) is 25.6 Å². The van der Waals surface area contributed by atoms with Crippen molar-refractivity contribution in [3.05, 3.63) is 18.3 Å². The molecule has 2 rings (SSSR count). The molecule has 1 aliphatic heterocycles. The van der Waals surface area contributed by atoms with Gasteiger partial charge in [-0.15, -0.1) is 0 Å². The number of ether oxygens (including phenoxy) is 2. The Hall–Kier alpha value is -1.29. The average molecular weight is 208 g/mol. The monoisotopic (exact) mass is 208 g/mol. The van der Waals surface area contributed by atoms with Crippen LogP contribution in [0.25, 0.3) is 0 Å². The van der Waals surface area contributed by atoms with Gasteiger partial charge < -0.3 is 14.8 Å². The van der Waals surface area contributed by atoms with Gasteiger partial charge in [-0.3, -0.25) is 0 Å². The Morgan fingerprint density at radius 1 is 1.47 bits per heavy atom. The number of nitrogens with zero attached hydrogens (tertiary/aromatic N) is 1. The number of rotatable bonds is 3. The topological polar surface area (TPSA) is 43.4 Å². The van der Waals surface area contributed by atoms with Gasteiger partial charge in [-0.05, 0) is 25.0 Å². The van der Waals surface area contributed by atoms with E-state index in [4.69, 9.17) is 9.47 Å². The normalized spacial score (nSPS) is 17.4. The van der Waals surface area contributed by atoms with Gasteiger partial charge in [0.25, 0.3) is 0 Å². The highest BCUT2D eigenvalue weighted by Crippen LogP contribution is 2.22. The third kappa shape index (κ3) is 2.59. The molecule has 82 valence electrons. The molecule has 1 N–H and O–H groups in total. The van der Waals surface area contributed by atoms with Crippen LogP contribution in [0, 0.1) is 0 Å². The second kappa shape index (κ2) is 4.98. The van der Waals surface area contributed by atoms with Gasteiger partial charge in [0.2, 0.25) is 0 Å². The first-order valence-electron chi connectivity index (χ1n) is 5.23. The molecule has 0 spiro atoms. The van der Waals surface area contributed by atoms with Crippen LogP contribution >= 0.6 is 0 Å². The van der Waals surface area contributed by atoms with Gasteiger partial charge in [0.15, 0.2) is 11.6 Å². The first-order valence-corrected chi connectivity index (χ1v) is 5.23. The number of aromatic nitrogens is 1. The molecule has 0 saturated carbocycles. The molecule has 15 heavy (non-hydrogen) atoms. The maximum absolute atomic E-state index is 5.30. The minimum Gasteiger partial charge on any atom is -0.493 e. The molecule has 0 amide bonds. The van der Waals surface area contributed by atoms with Gasteiger partial charge >= 0.3 is 0 Å². The van der Waals surface area contributed by atoms with Crippen molar-refractivity contribution in [1.29, 1.82) is 0 Å². The summed E-state index contributed by atoms with van der Waals surface area (Å²) in [5, 5.41) is 3.38. The summed E-state index contributed by atoms with van der Waals surface area (Å²) in [5.74, 6) is 1.62. The summed E-state index contributed by atoms with van der Waals surface area (Å²) in [6, 6.07) is 4.23. The van der Waals surface area contributed by atoms with E-state index >= 15 is 0 Å². The van der Waals surface area contributed by atoms with Crippen molar-refractivity contribution >= 4 is 5.82 Å². The van der Waals surface area contributed by atoms with Gasteiger partial charge in [0, 0.05) is 25.5 Å². The van der Waals surface area contributed by atoms with E-state index in [-0.39, 0.29) is 0 Å². The predicted molar refractivity (Wildman–Crippen MR) is 58.3 cm³/mol. The summed E-state index contributed by atoms with van der Waals surface area (Å²) in [7, 11) is 1.66. The van der Waals surface area contributed by atoms with Crippen LogP contribution < -0.4 is 10.1 Å². The molecule has 1 fully saturated rings. The number of nitrogens with one attached hydrogen (secondary N) is 1. The lowest BCUT2D eigenvalue weighted by atomic mass is 10.1. The van der Waals surface area contributed by atoms with Crippen LogP contribution in [0.1, 0.15) is 12.8 Å². The molecular formula is C11H16N2O2. The quantitative estimate of drug-likeness (QED) is 0.820. The second-order valence-corrected chi connectivity index (χ2v) is 3.59. The number of hydrogen-bond donors (Lipinski definition) is 1. The zero-order chi connectivity index (χ0) is 10.5. The molecule has 2 heterocycles. The lowest BCUT2D eigenvalue weighted by Crippen LogP contribution is -2.28. The Morgan fingerprint density at radius 3 is 3.00 bits per heavy atom. The molecule has 0 unspecified atom stereocenters. The SMILES string of the molecule is COc1cccnc1NC1CCOCC1. The molecule has 1 aromatic heterocycles. The fourth-order valence-electron chi connectivity index (χ4n) is 1.70. The summed E-state index contributed by atoms with van der Waals surface area (Å²) in [4.78, 5) is 4.27. The zero-order valence-corrected chi connectivity index (χ0v) is 8.90. The Morgan fingerprint density at radius 2 is 2.27 bits per heavy atom. The largest absolute Gasteiger partial charge is 0.493 e. The van der Waals surface area contributed by atoms with E-state index in [1.54, 1.807) is 13.3 Å². The minimum absolute atomic E-state index is 0.447. The van der Waals surface area contributed by atoms with E-state index in [1.165, 1.54) is 0 Å². The summed E-state index contributed by atoms with van der Waals surface area (Å²) >= 11 is 0. The Labute approximate surface area is 89.6 Å². The molecule has 0 radical (unpaired) electrons. The van der Waals surface area contributed by atoms with Crippen molar-refractivity contribution in [2.24, 2.45) is 0 Å². The molecule has 1 saturated heterocycles. The number of hydrogen-bond acceptors (Lipinski definition) is 4. The average Bonchev–Trinajstić information content (AvgIpc) is 2.31. The van der Waals surface area contributed by atoms with Gasteiger partial charge in [0.05, 0.1) is 7.11 Å². The molecule has 0 aliphatic carbocycles. The highest BCUT2D eigenvalue weighted by atomic mass is 16.5. The highest BCUT2D eigenvalue weighted by Gasteiger charge is 2.15. The second-order valence-electron chi connectivity index (χ2n) is 3.59. The van der Waals surface area contributed by atoms with E-state index in [2.05, 4.69) is 10.3 Å². The van der Waals surface area contributed by atoms with Gasteiger partial charge in [-0.1, -0.05) is 0 Å².